The Morgan fingerprint density at radius 2 is 1.80 bits per heavy atom. The predicted molar refractivity (Wildman–Crippen MR) is 76.9 cm³/mol. The van der Waals surface area contributed by atoms with Crippen LogP contribution in [-0.2, 0) is 9.59 Å². The molecule has 0 aromatic carbocycles. The molecule has 2 fully saturated rings. The number of allylic oxidation sites excluding steroid dienone is 2. The number of likely N-dealkylation sites (tertiary alicyclic amines) is 1. The molecule has 1 unspecified atom stereocenters. The highest BCUT2D eigenvalue weighted by Crippen LogP contribution is 2.37. The molecule has 20 heavy (non-hydrogen) atoms. The van der Waals surface area contributed by atoms with Gasteiger partial charge in [-0.2, -0.15) is 0 Å². The molecule has 0 aromatic rings. The van der Waals surface area contributed by atoms with Gasteiger partial charge >= 0.3 is 0 Å². The van der Waals surface area contributed by atoms with Crippen molar-refractivity contribution in [3.05, 3.63) is 12.2 Å². The number of piperidine rings is 1. The van der Waals surface area contributed by atoms with Gasteiger partial charge in [0, 0.05) is 12.6 Å². The fraction of sp³-hybridized carbons (Fsp3) is 0.750. The Labute approximate surface area is 120 Å². The number of hydrogen-bond acceptors (Lipinski definition) is 3. The molecule has 3 aliphatic rings. The molecule has 0 spiro atoms. The van der Waals surface area contributed by atoms with Crippen molar-refractivity contribution in [2.75, 3.05) is 13.1 Å². The first kappa shape index (κ1) is 13.8. The molecule has 0 aromatic heterocycles. The zero-order valence-corrected chi connectivity index (χ0v) is 12.4. The van der Waals surface area contributed by atoms with Gasteiger partial charge in [0.2, 0.25) is 11.8 Å². The topological polar surface area (TPSA) is 49.4 Å². The number of nitrogens with zero attached hydrogens (tertiary/aromatic N) is 1. The maximum atomic E-state index is 12.5. The number of carbonyl (C=O) groups excluding carboxylic acids is 2. The Morgan fingerprint density at radius 1 is 1.20 bits per heavy atom. The number of rotatable bonds is 2. The van der Waals surface area contributed by atoms with Crippen molar-refractivity contribution < 1.29 is 9.59 Å². The van der Waals surface area contributed by atoms with Crippen LogP contribution in [0.5, 0.6) is 0 Å². The molecule has 2 amide bonds. The Balaban J connectivity index is 1.74. The third-order valence-corrected chi connectivity index (χ3v) is 5.30. The van der Waals surface area contributed by atoms with Crippen molar-refractivity contribution in [2.24, 2.45) is 17.3 Å². The van der Waals surface area contributed by atoms with Gasteiger partial charge in [-0.1, -0.05) is 26.0 Å². The second-order valence-corrected chi connectivity index (χ2v) is 7.04. The van der Waals surface area contributed by atoms with Gasteiger partial charge in [0.25, 0.3) is 0 Å². The number of carbonyl (C=O) groups is 2. The molecule has 3 rings (SSSR count). The van der Waals surface area contributed by atoms with Crippen LogP contribution < -0.4 is 5.32 Å². The summed E-state index contributed by atoms with van der Waals surface area (Å²) in [5.74, 6) is -0.0987. The summed E-state index contributed by atoms with van der Waals surface area (Å²) in [6, 6.07) is 0.220. The van der Waals surface area contributed by atoms with Crippen molar-refractivity contribution in [2.45, 2.75) is 45.6 Å². The normalized spacial score (nSPS) is 36.3. The summed E-state index contributed by atoms with van der Waals surface area (Å²) in [6.07, 6.45) is 7.85. The van der Waals surface area contributed by atoms with Gasteiger partial charge in [0.15, 0.2) is 0 Å². The minimum absolute atomic E-state index is 0.0486. The van der Waals surface area contributed by atoms with Crippen LogP contribution in [0.3, 0.4) is 0 Å². The van der Waals surface area contributed by atoms with Crippen molar-refractivity contribution in [3.8, 4) is 0 Å². The summed E-state index contributed by atoms with van der Waals surface area (Å²) in [5, 5.41) is 3.50. The molecule has 4 nitrogen and oxygen atoms in total. The highest BCUT2D eigenvalue weighted by Gasteiger charge is 2.48. The summed E-state index contributed by atoms with van der Waals surface area (Å²) in [6.45, 7) is 5.98. The average Bonchev–Trinajstić information content (AvgIpc) is 2.66. The van der Waals surface area contributed by atoms with Gasteiger partial charge in [0.1, 0.15) is 0 Å². The SMILES string of the molecule is CC1(C)CCCNC1CN1C(=O)[C@H]2CC=CC[C@H]2C1=O. The fourth-order valence-corrected chi connectivity index (χ4v) is 3.81. The Morgan fingerprint density at radius 3 is 2.35 bits per heavy atom. The zero-order chi connectivity index (χ0) is 14.3. The van der Waals surface area contributed by atoms with Crippen LogP contribution in [0.4, 0.5) is 0 Å². The molecule has 0 radical (unpaired) electrons. The summed E-state index contributed by atoms with van der Waals surface area (Å²) in [5.41, 5.74) is 0.144. The first-order valence-electron chi connectivity index (χ1n) is 7.74. The standard InChI is InChI=1S/C16H24N2O2/c1-16(2)8-5-9-17-13(16)10-18-14(19)11-6-3-4-7-12(11)15(18)20/h3-4,11-13,17H,5-10H2,1-2H3/t11-,12+,13?. The summed E-state index contributed by atoms with van der Waals surface area (Å²) < 4.78 is 0. The van der Waals surface area contributed by atoms with E-state index in [2.05, 4.69) is 19.2 Å². The van der Waals surface area contributed by atoms with Gasteiger partial charge in [-0.05, 0) is 37.6 Å². The van der Waals surface area contributed by atoms with E-state index in [1.54, 1.807) is 0 Å². The molecule has 2 saturated heterocycles. The van der Waals surface area contributed by atoms with Crippen molar-refractivity contribution in [1.29, 1.82) is 0 Å². The van der Waals surface area contributed by atoms with E-state index in [1.165, 1.54) is 11.3 Å². The zero-order valence-electron chi connectivity index (χ0n) is 12.4. The molecule has 3 atom stereocenters. The number of nitrogens with one attached hydrogen (secondary N) is 1. The van der Waals surface area contributed by atoms with E-state index in [0.29, 0.717) is 6.54 Å². The van der Waals surface area contributed by atoms with Crippen LogP contribution in [0.1, 0.15) is 39.5 Å². The van der Waals surface area contributed by atoms with Gasteiger partial charge < -0.3 is 5.32 Å². The molecule has 4 heteroatoms. The highest BCUT2D eigenvalue weighted by molar-refractivity contribution is 6.05. The number of imide groups is 1. The molecule has 2 heterocycles. The molecule has 1 aliphatic carbocycles. The molecule has 0 saturated carbocycles. The Kier molecular flexibility index (Phi) is 3.44. The first-order chi connectivity index (χ1) is 9.50. The van der Waals surface area contributed by atoms with E-state index < -0.39 is 0 Å². The lowest BCUT2D eigenvalue weighted by Gasteiger charge is -2.41. The van der Waals surface area contributed by atoms with Crippen molar-refractivity contribution in [1.82, 2.24) is 10.2 Å². The van der Waals surface area contributed by atoms with Crippen LogP contribution in [0, 0.1) is 17.3 Å². The number of hydrogen-bond donors (Lipinski definition) is 1. The Bertz CT molecular complexity index is 429. The molecule has 1 N–H and O–H groups in total. The minimum Gasteiger partial charge on any atom is -0.312 e. The largest absolute Gasteiger partial charge is 0.312 e. The fourth-order valence-electron chi connectivity index (χ4n) is 3.81. The maximum absolute atomic E-state index is 12.5. The molecule has 2 aliphatic heterocycles. The van der Waals surface area contributed by atoms with E-state index in [0.717, 1.165) is 25.8 Å². The maximum Gasteiger partial charge on any atom is 0.233 e. The molecule has 0 bridgehead atoms. The van der Waals surface area contributed by atoms with Crippen LogP contribution in [-0.4, -0.2) is 35.8 Å². The van der Waals surface area contributed by atoms with E-state index in [1.807, 2.05) is 12.2 Å². The number of amides is 2. The van der Waals surface area contributed by atoms with Crippen molar-refractivity contribution in [3.63, 3.8) is 0 Å². The summed E-state index contributed by atoms with van der Waals surface area (Å²) in [4.78, 5) is 26.5. The molecular weight excluding hydrogens is 252 g/mol. The van der Waals surface area contributed by atoms with Crippen LogP contribution in [0.2, 0.25) is 0 Å². The second-order valence-electron chi connectivity index (χ2n) is 7.04. The second kappa shape index (κ2) is 4.99. The van der Waals surface area contributed by atoms with E-state index >= 15 is 0 Å². The smallest absolute Gasteiger partial charge is 0.233 e. The lowest BCUT2D eigenvalue weighted by Crippen LogP contribution is -2.54. The lowest BCUT2D eigenvalue weighted by molar-refractivity contribution is -0.140. The van der Waals surface area contributed by atoms with E-state index in [-0.39, 0.29) is 35.1 Å². The van der Waals surface area contributed by atoms with Crippen LogP contribution in [0.25, 0.3) is 0 Å². The minimum atomic E-state index is -0.0980. The summed E-state index contributed by atoms with van der Waals surface area (Å²) in [7, 11) is 0. The van der Waals surface area contributed by atoms with Gasteiger partial charge in [-0.3, -0.25) is 14.5 Å². The monoisotopic (exact) mass is 276 g/mol. The lowest BCUT2D eigenvalue weighted by atomic mass is 9.77. The molecule has 110 valence electrons. The van der Waals surface area contributed by atoms with Crippen LogP contribution in [0.15, 0.2) is 12.2 Å². The third kappa shape index (κ3) is 2.20. The third-order valence-electron chi connectivity index (χ3n) is 5.30. The highest BCUT2D eigenvalue weighted by atomic mass is 16.2. The number of fused-ring (bicyclic) bond motifs is 1. The van der Waals surface area contributed by atoms with Crippen molar-refractivity contribution >= 4 is 11.8 Å². The Hall–Kier alpha value is -1.16. The first-order valence-corrected chi connectivity index (χ1v) is 7.74. The van der Waals surface area contributed by atoms with Crippen LogP contribution >= 0.6 is 0 Å². The quantitative estimate of drug-likeness (QED) is 0.617. The molecular formula is C16H24N2O2. The predicted octanol–water partition coefficient (Wildman–Crippen LogP) is 1.72. The summed E-state index contributed by atoms with van der Waals surface area (Å²) >= 11 is 0. The van der Waals surface area contributed by atoms with Gasteiger partial charge in [-0.25, -0.2) is 0 Å². The van der Waals surface area contributed by atoms with Gasteiger partial charge in [0.05, 0.1) is 11.8 Å². The average molecular weight is 276 g/mol. The van der Waals surface area contributed by atoms with Gasteiger partial charge in [-0.15, -0.1) is 0 Å². The van der Waals surface area contributed by atoms with E-state index in [4.69, 9.17) is 0 Å². The van der Waals surface area contributed by atoms with E-state index in [9.17, 15) is 9.59 Å².